The molecule has 1 heterocycles. The van der Waals surface area contributed by atoms with Crippen molar-refractivity contribution in [2.45, 2.75) is 39.5 Å². The molecule has 4 rings (SSSR count). The largest absolute Gasteiger partial charge is 0.493 e. The van der Waals surface area contributed by atoms with Gasteiger partial charge < -0.3 is 4.74 Å². The van der Waals surface area contributed by atoms with Crippen molar-refractivity contribution in [2.75, 3.05) is 12.0 Å². The molecule has 8 heteroatoms. The SMILES string of the molecule is CCCCCCOc1ccccc1/C=N\Nc1nc(-c2ccc(C)cc2)c(-c2ccc([N+](=O)[O-])cc2)s1. The molecule has 4 aromatic rings. The van der Waals surface area contributed by atoms with Gasteiger partial charge in [0.1, 0.15) is 5.75 Å². The lowest BCUT2D eigenvalue weighted by Crippen LogP contribution is -2.00. The number of para-hydroxylation sites is 1. The van der Waals surface area contributed by atoms with E-state index in [1.54, 1.807) is 18.3 Å². The molecule has 0 bridgehead atoms. The number of nitro benzene ring substituents is 1. The maximum Gasteiger partial charge on any atom is 0.269 e. The van der Waals surface area contributed by atoms with Crippen molar-refractivity contribution in [3.8, 4) is 27.4 Å². The van der Waals surface area contributed by atoms with Gasteiger partial charge in [0.25, 0.3) is 5.69 Å². The molecule has 190 valence electrons. The number of nitrogens with one attached hydrogen (secondary N) is 1. The summed E-state index contributed by atoms with van der Waals surface area (Å²) < 4.78 is 5.98. The van der Waals surface area contributed by atoms with Crippen molar-refractivity contribution in [3.05, 3.63) is 94.0 Å². The van der Waals surface area contributed by atoms with Crippen LogP contribution in [0, 0.1) is 17.0 Å². The molecular formula is C29H30N4O3S. The van der Waals surface area contributed by atoms with Crippen molar-refractivity contribution in [3.63, 3.8) is 0 Å². The number of hydrazone groups is 1. The van der Waals surface area contributed by atoms with E-state index in [-0.39, 0.29) is 5.69 Å². The van der Waals surface area contributed by atoms with Crippen LogP contribution in [0.1, 0.15) is 43.7 Å². The number of hydrogen-bond acceptors (Lipinski definition) is 7. The second-order valence-corrected chi connectivity index (χ2v) is 9.68. The Morgan fingerprint density at radius 1 is 1.00 bits per heavy atom. The predicted octanol–water partition coefficient (Wildman–Crippen LogP) is 8.10. The number of aryl methyl sites for hydroxylation is 1. The van der Waals surface area contributed by atoms with Crippen LogP contribution in [-0.2, 0) is 0 Å². The van der Waals surface area contributed by atoms with Crippen LogP contribution in [0.25, 0.3) is 21.7 Å². The highest BCUT2D eigenvalue weighted by atomic mass is 32.1. The van der Waals surface area contributed by atoms with Crippen molar-refractivity contribution < 1.29 is 9.66 Å². The molecule has 0 unspecified atom stereocenters. The van der Waals surface area contributed by atoms with E-state index in [1.165, 1.54) is 42.7 Å². The van der Waals surface area contributed by atoms with E-state index >= 15 is 0 Å². The van der Waals surface area contributed by atoms with Crippen LogP contribution in [0.3, 0.4) is 0 Å². The van der Waals surface area contributed by atoms with Gasteiger partial charge in [0, 0.05) is 23.3 Å². The maximum absolute atomic E-state index is 11.1. The zero-order chi connectivity index (χ0) is 26.0. The molecule has 0 fully saturated rings. The summed E-state index contributed by atoms with van der Waals surface area (Å²) in [6.07, 6.45) is 6.35. The minimum absolute atomic E-state index is 0.0550. The van der Waals surface area contributed by atoms with E-state index in [2.05, 4.69) is 17.5 Å². The second kappa shape index (κ2) is 12.8. The van der Waals surface area contributed by atoms with Crippen LogP contribution in [0.15, 0.2) is 77.9 Å². The summed E-state index contributed by atoms with van der Waals surface area (Å²) in [7, 11) is 0. The van der Waals surface area contributed by atoms with E-state index in [0.717, 1.165) is 45.0 Å². The summed E-state index contributed by atoms with van der Waals surface area (Å²) in [6.45, 7) is 4.92. The molecule has 7 nitrogen and oxygen atoms in total. The van der Waals surface area contributed by atoms with Crippen LogP contribution in [-0.4, -0.2) is 22.7 Å². The fourth-order valence-corrected chi connectivity index (χ4v) is 4.73. The summed E-state index contributed by atoms with van der Waals surface area (Å²) in [5.41, 5.74) is 7.78. The van der Waals surface area contributed by atoms with Gasteiger partial charge in [-0.1, -0.05) is 79.5 Å². The number of rotatable bonds is 12. The van der Waals surface area contributed by atoms with Gasteiger partial charge >= 0.3 is 0 Å². The molecule has 0 saturated carbocycles. The summed E-state index contributed by atoms with van der Waals surface area (Å²) in [4.78, 5) is 16.4. The third-order valence-electron chi connectivity index (χ3n) is 5.83. The van der Waals surface area contributed by atoms with Gasteiger partial charge in [-0.3, -0.25) is 15.5 Å². The first-order valence-corrected chi connectivity index (χ1v) is 13.2. The molecule has 0 radical (unpaired) electrons. The standard InChI is InChI=1S/C29H30N4O3S/c1-3-4-5-8-19-36-26-10-7-6-9-24(26)20-30-32-29-31-27(22-13-11-21(2)12-14-22)28(37-29)23-15-17-25(18-16-23)33(34)35/h6-7,9-18,20H,3-5,8,19H2,1-2H3,(H,31,32)/b30-20-. The Kier molecular flexibility index (Phi) is 8.99. The topological polar surface area (TPSA) is 89.7 Å². The van der Waals surface area contributed by atoms with Gasteiger partial charge in [-0.05, 0) is 43.2 Å². The van der Waals surface area contributed by atoms with E-state index in [1.807, 2.05) is 55.5 Å². The molecule has 0 aliphatic carbocycles. The number of unbranched alkanes of at least 4 members (excludes halogenated alkanes) is 3. The average Bonchev–Trinajstić information content (AvgIpc) is 3.34. The zero-order valence-corrected chi connectivity index (χ0v) is 21.8. The lowest BCUT2D eigenvalue weighted by molar-refractivity contribution is -0.384. The van der Waals surface area contributed by atoms with Gasteiger partial charge in [0.05, 0.1) is 28.3 Å². The minimum atomic E-state index is -0.397. The van der Waals surface area contributed by atoms with Crippen molar-refractivity contribution in [1.82, 2.24) is 4.98 Å². The number of ether oxygens (including phenoxy) is 1. The molecule has 1 N–H and O–H groups in total. The lowest BCUT2D eigenvalue weighted by Gasteiger charge is -2.08. The smallest absolute Gasteiger partial charge is 0.269 e. The molecule has 37 heavy (non-hydrogen) atoms. The van der Waals surface area contributed by atoms with E-state index in [9.17, 15) is 10.1 Å². The van der Waals surface area contributed by atoms with Crippen molar-refractivity contribution in [1.29, 1.82) is 0 Å². The summed E-state index contributed by atoms with van der Waals surface area (Å²) in [6, 6.07) is 22.5. The Labute approximate surface area is 221 Å². The van der Waals surface area contributed by atoms with Crippen LogP contribution < -0.4 is 10.2 Å². The molecule has 0 saturated heterocycles. The minimum Gasteiger partial charge on any atom is -0.493 e. The van der Waals surface area contributed by atoms with E-state index in [4.69, 9.17) is 9.72 Å². The van der Waals surface area contributed by atoms with Crippen LogP contribution in [0.5, 0.6) is 5.75 Å². The zero-order valence-electron chi connectivity index (χ0n) is 21.0. The summed E-state index contributed by atoms with van der Waals surface area (Å²) in [5, 5.41) is 16.1. The third-order valence-corrected chi connectivity index (χ3v) is 6.84. The highest BCUT2D eigenvalue weighted by Crippen LogP contribution is 2.39. The van der Waals surface area contributed by atoms with Gasteiger partial charge in [0.2, 0.25) is 5.13 Å². The predicted molar refractivity (Wildman–Crippen MR) is 152 cm³/mol. The van der Waals surface area contributed by atoms with Gasteiger partial charge in [-0.2, -0.15) is 5.10 Å². The molecule has 0 aliphatic rings. The Balaban J connectivity index is 1.55. The molecule has 0 aliphatic heterocycles. The normalized spacial score (nSPS) is 11.1. The number of hydrogen-bond donors (Lipinski definition) is 1. The first kappa shape index (κ1) is 26.0. The third kappa shape index (κ3) is 7.01. The van der Waals surface area contributed by atoms with Crippen LogP contribution >= 0.6 is 11.3 Å². The summed E-state index contributed by atoms with van der Waals surface area (Å²) >= 11 is 1.45. The number of non-ortho nitro benzene ring substituents is 1. The molecule has 1 aromatic heterocycles. The number of nitro groups is 1. The number of anilines is 1. The van der Waals surface area contributed by atoms with Gasteiger partial charge in [-0.25, -0.2) is 4.98 Å². The second-order valence-electron chi connectivity index (χ2n) is 8.68. The number of nitrogens with zero attached hydrogens (tertiary/aromatic N) is 3. The van der Waals surface area contributed by atoms with E-state index in [0.29, 0.717) is 11.7 Å². The van der Waals surface area contributed by atoms with Crippen LogP contribution in [0.4, 0.5) is 10.8 Å². The fourth-order valence-electron chi connectivity index (χ4n) is 3.79. The van der Waals surface area contributed by atoms with Crippen LogP contribution in [0.2, 0.25) is 0 Å². The maximum atomic E-state index is 11.1. The Hall–Kier alpha value is -4.04. The average molecular weight is 515 g/mol. The van der Waals surface area contributed by atoms with Crippen molar-refractivity contribution in [2.24, 2.45) is 5.10 Å². The first-order chi connectivity index (χ1) is 18.0. The summed E-state index contributed by atoms with van der Waals surface area (Å²) in [5.74, 6) is 0.801. The van der Waals surface area contributed by atoms with Crippen molar-refractivity contribution >= 4 is 28.4 Å². The first-order valence-electron chi connectivity index (χ1n) is 12.4. The Morgan fingerprint density at radius 2 is 1.73 bits per heavy atom. The van der Waals surface area contributed by atoms with Gasteiger partial charge in [-0.15, -0.1) is 0 Å². The lowest BCUT2D eigenvalue weighted by atomic mass is 10.1. The molecular weight excluding hydrogens is 484 g/mol. The Morgan fingerprint density at radius 3 is 2.46 bits per heavy atom. The quantitative estimate of drug-likeness (QED) is 0.0893. The fraction of sp³-hybridized carbons (Fsp3) is 0.241. The molecule has 3 aromatic carbocycles. The van der Waals surface area contributed by atoms with Gasteiger partial charge in [0.15, 0.2) is 0 Å². The molecule has 0 amide bonds. The molecule has 0 spiro atoms. The highest BCUT2D eigenvalue weighted by Gasteiger charge is 2.16. The number of aromatic nitrogens is 1. The van der Waals surface area contributed by atoms with E-state index < -0.39 is 4.92 Å². The number of benzene rings is 3. The molecule has 0 atom stereocenters. The number of thiazole rings is 1. The Bertz CT molecular complexity index is 1350. The highest BCUT2D eigenvalue weighted by molar-refractivity contribution is 7.19. The monoisotopic (exact) mass is 514 g/mol.